The number of rotatable bonds is 11. The van der Waals surface area contributed by atoms with E-state index in [0.29, 0.717) is 9.80 Å². The average molecular weight is 739 g/mol. The van der Waals surface area contributed by atoms with E-state index < -0.39 is 68.6 Å². The minimum atomic E-state index is -5.22. The predicted octanol–water partition coefficient (Wildman–Crippen LogP) is -3.38. The maximum Gasteiger partial charge on any atom is 2.00 e. The van der Waals surface area contributed by atoms with Gasteiger partial charge in [0.2, 0.25) is 0 Å². The quantitative estimate of drug-likeness (QED) is 0.155. The molecule has 0 aromatic heterocycles. The van der Waals surface area contributed by atoms with Crippen molar-refractivity contribution in [3.63, 3.8) is 0 Å². The first kappa shape index (κ1) is 36.3. The summed E-state index contributed by atoms with van der Waals surface area (Å²) in [6, 6.07) is -0.160. The predicted molar refractivity (Wildman–Crippen MR) is 105 cm³/mol. The second-order valence-corrected chi connectivity index (χ2v) is 13.6. The fourth-order valence-electron chi connectivity index (χ4n) is 2.80. The summed E-state index contributed by atoms with van der Waals surface area (Å²) in [5.41, 5.74) is 14.6. The Balaban J connectivity index is 0. The van der Waals surface area contributed by atoms with Gasteiger partial charge < -0.3 is 68.9 Å². The Morgan fingerprint density at radius 1 is 0.727 bits per heavy atom. The molecule has 0 heterocycles. The summed E-state index contributed by atoms with van der Waals surface area (Å²) >= 11 is 0. The molecule has 6 N–H and O–H groups in total. The van der Waals surface area contributed by atoms with Crippen LogP contribution in [0.3, 0.4) is 0 Å². The fourth-order valence-corrected chi connectivity index (χ4v) is 6.10. The van der Waals surface area contributed by atoms with Crippen LogP contribution >= 0.6 is 30.4 Å². The normalized spacial score (nSPS) is 23.2. The zero-order valence-corrected chi connectivity index (χ0v) is 23.1. The van der Waals surface area contributed by atoms with Crippen molar-refractivity contribution in [2.45, 2.75) is 37.8 Å². The van der Waals surface area contributed by atoms with Crippen molar-refractivity contribution in [1.29, 1.82) is 0 Å². The zero-order valence-electron chi connectivity index (χ0n) is 17.3. The van der Waals surface area contributed by atoms with Gasteiger partial charge in [-0.05, 0) is 0 Å². The Bertz CT molecular complexity index is 645. The van der Waals surface area contributed by atoms with Gasteiger partial charge in [-0.3, -0.25) is 9.80 Å². The van der Waals surface area contributed by atoms with Crippen LogP contribution in [-0.2, 0) is 30.2 Å². The SMILES string of the molecule is O=P([O-])([O-])CN(CCN(CP(=O)([O-])[O-])CP([O-])(O)=[OH+])CP([O-])(O)=[OH+].[NH-]C1CCCCC1[NH-].[Pt+2]. The summed E-state index contributed by atoms with van der Waals surface area (Å²) in [6.07, 6.45) is -0.659. The van der Waals surface area contributed by atoms with Crippen LogP contribution in [0.4, 0.5) is 0 Å². The molecule has 202 valence electrons. The standard InChI is InChI=1S/C6H20N2O12P4.C6H12N2.Pt/c9-21(10,11)3-7(4-22(12,13)14)1-2-8(5-23(15,16)17)6-24(18,19)20;7-5-3-1-2-4-6(5)8;/h1-6H2,(H2,9,10,11)(H2,12,13,14)(H2,15,16,17)(H2,18,19,20);5-8H,1-4H2;/q;-2;+2/p-4. The average Bonchev–Trinajstić information content (AvgIpc) is 2.50. The van der Waals surface area contributed by atoms with E-state index in [1.54, 1.807) is 0 Å². The van der Waals surface area contributed by atoms with Gasteiger partial charge in [0.25, 0.3) is 0 Å². The maximum absolute atomic E-state index is 10.9. The van der Waals surface area contributed by atoms with Crippen LogP contribution in [-0.4, -0.2) is 79.0 Å². The molecule has 1 aliphatic rings. The van der Waals surface area contributed by atoms with Crippen LogP contribution < -0.4 is 29.4 Å². The second-order valence-electron chi connectivity index (χ2n) is 7.40. The number of nitrogens with zero attached hydrogens (tertiary/aromatic N) is 2. The van der Waals surface area contributed by atoms with Gasteiger partial charge >= 0.3 is 36.3 Å². The van der Waals surface area contributed by atoms with Crippen molar-refractivity contribution in [2.75, 3.05) is 38.2 Å². The first-order chi connectivity index (χ1) is 14.2. The number of hydrogen-bond donors (Lipinski definition) is 2. The van der Waals surface area contributed by atoms with Crippen molar-refractivity contribution in [1.82, 2.24) is 9.80 Å². The molecule has 0 spiro atoms. The van der Waals surface area contributed by atoms with E-state index >= 15 is 0 Å². The summed E-state index contributed by atoms with van der Waals surface area (Å²) in [6.45, 7) is -1.28. The Morgan fingerprint density at radius 3 is 1.18 bits per heavy atom. The van der Waals surface area contributed by atoms with E-state index in [1.165, 1.54) is 12.8 Å². The minimum Gasteiger partial charge on any atom is -0.810 e. The molecule has 0 bridgehead atoms. The van der Waals surface area contributed by atoms with Crippen molar-refractivity contribution < 1.29 is 78.5 Å². The van der Waals surface area contributed by atoms with Gasteiger partial charge in [0.15, 0.2) is 0 Å². The van der Waals surface area contributed by atoms with Crippen LogP contribution in [0.5, 0.6) is 0 Å². The van der Waals surface area contributed by atoms with Gasteiger partial charge in [0, 0.05) is 25.7 Å². The van der Waals surface area contributed by atoms with Crippen molar-refractivity contribution in [3.8, 4) is 0 Å². The molecule has 1 aliphatic carbocycles. The Hall–Kier alpha value is 1.13. The van der Waals surface area contributed by atoms with Gasteiger partial charge in [-0.1, -0.05) is 40.9 Å². The van der Waals surface area contributed by atoms with E-state index in [4.69, 9.17) is 30.4 Å². The van der Waals surface area contributed by atoms with Crippen LogP contribution in [0.15, 0.2) is 0 Å². The smallest absolute Gasteiger partial charge is 0.810 e. The Kier molecular flexibility index (Phi) is 16.9. The molecule has 0 aromatic carbocycles. The molecule has 0 radical (unpaired) electrons. The molecule has 1 fully saturated rings. The number of hydrogen-bond acceptors (Lipinski definition) is 10. The Labute approximate surface area is 206 Å². The van der Waals surface area contributed by atoms with E-state index in [1.807, 2.05) is 0 Å². The molecule has 4 unspecified atom stereocenters. The molecular weight excluding hydrogens is 711 g/mol. The van der Waals surface area contributed by atoms with Crippen LogP contribution in [0, 0.1) is 0 Å². The van der Waals surface area contributed by atoms with Gasteiger partial charge in [-0.25, -0.2) is 0 Å². The van der Waals surface area contributed by atoms with Crippen LogP contribution in [0.2, 0.25) is 0 Å². The first-order valence-corrected chi connectivity index (χ1v) is 16.2. The molecule has 0 amide bonds. The van der Waals surface area contributed by atoms with E-state index in [2.05, 4.69) is 0 Å². The van der Waals surface area contributed by atoms with Gasteiger partial charge in [-0.2, -0.15) is 12.1 Å². The molecule has 33 heavy (non-hydrogen) atoms. The van der Waals surface area contributed by atoms with E-state index in [0.717, 1.165) is 12.8 Å². The van der Waals surface area contributed by atoms with Crippen LogP contribution in [0.25, 0.3) is 11.5 Å². The summed E-state index contributed by atoms with van der Waals surface area (Å²) in [7, 11) is -20.0. The first-order valence-electron chi connectivity index (χ1n) is 9.15. The summed E-state index contributed by atoms with van der Waals surface area (Å²) in [5.74, 6) is 0. The molecule has 1 rings (SSSR count). The molecule has 16 nitrogen and oxygen atoms in total. The van der Waals surface area contributed by atoms with Crippen molar-refractivity contribution in [3.05, 3.63) is 11.5 Å². The van der Waals surface area contributed by atoms with E-state index in [-0.39, 0.29) is 33.1 Å². The van der Waals surface area contributed by atoms with Crippen molar-refractivity contribution in [2.24, 2.45) is 0 Å². The summed E-state index contributed by atoms with van der Waals surface area (Å²) in [4.78, 5) is 83.3. The number of nitrogens with one attached hydrogen (secondary N) is 2. The molecule has 1 saturated carbocycles. The second kappa shape index (κ2) is 15.4. The zero-order chi connectivity index (χ0) is 25.4. The van der Waals surface area contributed by atoms with Gasteiger partial charge in [0.1, 0.15) is 12.6 Å². The summed E-state index contributed by atoms with van der Waals surface area (Å²) < 4.78 is 39.1. The maximum atomic E-state index is 10.9. The third-order valence-corrected chi connectivity index (χ3v) is 7.04. The summed E-state index contributed by atoms with van der Waals surface area (Å²) in [5, 5.41) is 0. The molecule has 0 aromatic rings. The fraction of sp³-hybridized carbons (Fsp3) is 1.00. The minimum absolute atomic E-state index is 0. The molecule has 0 aliphatic heterocycles. The molecule has 4 atom stereocenters. The third-order valence-electron chi connectivity index (χ3n) is 4.01. The van der Waals surface area contributed by atoms with Crippen molar-refractivity contribution >= 4 is 30.4 Å². The third kappa shape index (κ3) is 23.3. The van der Waals surface area contributed by atoms with Crippen LogP contribution in [0.1, 0.15) is 25.7 Å². The molecule has 21 heteroatoms. The van der Waals surface area contributed by atoms with E-state index in [9.17, 15) is 38.5 Å². The Morgan fingerprint density at radius 2 is 1.00 bits per heavy atom. The monoisotopic (exact) mass is 739 g/mol. The molecule has 0 saturated heterocycles. The topological polar surface area (TPSA) is 310 Å². The van der Waals surface area contributed by atoms with Gasteiger partial charge in [-0.15, -0.1) is 0 Å². The molecular formula is C12H28N4O12P4Pt-4. The largest absolute Gasteiger partial charge is 2.00 e. The van der Waals surface area contributed by atoms with Gasteiger partial charge in [0.05, 0.1) is 0 Å².